The first-order valence-corrected chi connectivity index (χ1v) is 7.70. The molecule has 1 aliphatic rings. The summed E-state index contributed by atoms with van der Waals surface area (Å²) in [4.78, 5) is 24.0. The summed E-state index contributed by atoms with van der Waals surface area (Å²) in [6.45, 7) is 2.67. The molecule has 0 unspecified atom stereocenters. The second-order valence-corrected chi connectivity index (χ2v) is 5.66. The molecule has 6 nitrogen and oxygen atoms in total. The molecule has 0 aliphatic carbocycles. The lowest BCUT2D eigenvalue weighted by atomic mass is 10.2. The Morgan fingerprint density at radius 2 is 2.04 bits per heavy atom. The zero-order valence-electron chi connectivity index (χ0n) is 12.8. The maximum atomic E-state index is 12.0. The van der Waals surface area contributed by atoms with Gasteiger partial charge < -0.3 is 14.9 Å². The molecule has 0 radical (unpaired) electrons. The van der Waals surface area contributed by atoms with Crippen LogP contribution in [0.2, 0.25) is 0 Å². The fraction of sp³-hybridized carbons (Fsp3) is 0.235. The number of rotatable bonds is 2. The molecule has 116 valence electrons. The van der Waals surface area contributed by atoms with Crippen molar-refractivity contribution in [2.45, 2.75) is 19.8 Å². The average Bonchev–Trinajstić information content (AvgIpc) is 3.14. The fourth-order valence-electron chi connectivity index (χ4n) is 2.90. The van der Waals surface area contributed by atoms with Crippen molar-refractivity contribution in [3.8, 4) is 17.1 Å². The van der Waals surface area contributed by atoms with E-state index in [9.17, 15) is 4.79 Å². The standard InChI is InChI=1S/C17H17N5O/c1-11-18-9-10-22(11)13-6-4-12(5-7-13)16-20-14-3-2-8-19-17(23)15(14)21-16/h4-7,9-10H,2-3,8H2,1H3,(H,19,23)(H,20,21). The molecule has 0 saturated heterocycles. The van der Waals surface area contributed by atoms with Crippen LogP contribution in [0.1, 0.15) is 28.4 Å². The Hall–Kier alpha value is -2.89. The smallest absolute Gasteiger partial charge is 0.271 e. The van der Waals surface area contributed by atoms with Crippen molar-refractivity contribution < 1.29 is 4.79 Å². The fourth-order valence-corrected chi connectivity index (χ4v) is 2.90. The number of carbonyl (C=O) groups excluding carboxylic acids is 1. The SMILES string of the molecule is Cc1nccn1-c1ccc(-c2nc3c([nH]2)CCCNC3=O)cc1. The van der Waals surface area contributed by atoms with Gasteiger partial charge >= 0.3 is 0 Å². The number of imidazole rings is 2. The van der Waals surface area contributed by atoms with E-state index in [1.807, 2.05) is 42.0 Å². The van der Waals surface area contributed by atoms with Gasteiger partial charge in [-0.15, -0.1) is 0 Å². The number of fused-ring (bicyclic) bond motifs is 1. The minimum Gasteiger partial charge on any atom is -0.351 e. The van der Waals surface area contributed by atoms with Crippen LogP contribution in [0.4, 0.5) is 0 Å². The Morgan fingerprint density at radius 1 is 1.22 bits per heavy atom. The number of aryl methyl sites for hydroxylation is 2. The Balaban J connectivity index is 1.68. The molecule has 6 heteroatoms. The van der Waals surface area contributed by atoms with Gasteiger partial charge in [-0.3, -0.25) is 4.79 Å². The first kappa shape index (κ1) is 13.8. The number of nitrogens with zero attached hydrogens (tertiary/aromatic N) is 3. The number of hydrogen-bond acceptors (Lipinski definition) is 3. The van der Waals surface area contributed by atoms with E-state index in [1.54, 1.807) is 6.20 Å². The molecule has 1 aromatic carbocycles. The summed E-state index contributed by atoms with van der Waals surface area (Å²) in [5.74, 6) is 1.59. The van der Waals surface area contributed by atoms with Gasteiger partial charge in [0, 0.05) is 35.9 Å². The molecule has 2 N–H and O–H groups in total. The Kier molecular flexibility index (Phi) is 3.22. The van der Waals surface area contributed by atoms with E-state index in [0.717, 1.165) is 41.4 Å². The highest BCUT2D eigenvalue weighted by atomic mass is 16.1. The summed E-state index contributed by atoms with van der Waals surface area (Å²) in [7, 11) is 0. The van der Waals surface area contributed by atoms with E-state index >= 15 is 0 Å². The quantitative estimate of drug-likeness (QED) is 0.762. The number of amides is 1. The van der Waals surface area contributed by atoms with Crippen molar-refractivity contribution in [1.29, 1.82) is 0 Å². The van der Waals surface area contributed by atoms with Gasteiger partial charge in [0.05, 0.1) is 0 Å². The minimum absolute atomic E-state index is 0.0920. The highest BCUT2D eigenvalue weighted by Crippen LogP contribution is 2.22. The third-order valence-electron chi connectivity index (χ3n) is 4.13. The molecule has 3 heterocycles. The van der Waals surface area contributed by atoms with Crippen LogP contribution in [0.25, 0.3) is 17.1 Å². The molecule has 0 spiro atoms. The average molecular weight is 307 g/mol. The van der Waals surface area contributed by atoms with Gasteiger partial charge in [-0.2, -0.15) is 0 Å². The molecular formula is C17H17N5O. The predicted octanol–water partition coefficient (Wildman–Crippen LogP) is 2.25. The van der Waals surface area contributed by atoms with E-state index in [1.165, 1.54) is 0 Å². The monoisotopic (exact) mass is 307 g/mol. The van der Waals surface area contributed by atoms with Gasteiger partial charge in [-0.25, -0.2) is 9.97 Å². The molecule has 0 bridgehead atoms. The number of hydrogen-bond donors (Lipinski definition) is 2. The number of H-pyrrole nitrogens is 1. The molecule has 0 fully saturated rings. The number of benzene rings is 1. The summed E-state index contributed by atoms with van der Waals surface area (Å²) < 4.78 is 2.02. The van der Waals surface area contributed by atoms with Crippen LogP contribution in [-0.2, 0) is 6.42 Å². The molecule has 1 aliphatic heterocycles. The van der Waals surface area contributed by atoms with E-state index in [4.69, 9.17) is 0 Å². The van der Waals surface area contributed by atoms with Gasteiger partial charge in [0.1, 0.15) is 17.3 Å². The van der Waals surface area contributed by atoms with Gasteiger partial charge in [0.2, 0.25) is 0 Å². The number of aromatic nitrogens is 4. The highest BCUT2D eigenvalue weighted by molar-refractivity contribution is 5.94. The Morgan fingerprint density at radius 3 is 2.78 bits per heavy atom. The molecule has 4 rings (SSSR count). The second kappa shape index (κ2) is 5.39. The van der Waals surface area contributed by atoms with Gasteiger partial charge in [0.25, 0.3) is 5.91 Å². The van der Waals surface area contributed by atoms with E-state index in [2.05, 4.69) is 20.3 Å². The van der Waals surface area contributed by atoms with Gasteiger partial charge in [0.15, 0.2) is 0 Å². The van der Waals surface area contributed by atoms with Crippen LogP contribution in [0.15, 0.2) is 36.7 Å². The topological polar surface area (TPSA) is 75.6 Å². The van der Waals surface area contributed by atoms with Gasteiger partial charge in [-0.1, -0.05) is 0 Å². The molecular weight excluding hydrogens is 290 g/mol. The Bertz CT molecular complexity index is 859. The zero-order chi connectivity index (χ0) is 15.8. The number of nitrogens with one attached hydrogen (secondary N) is 2. The normalized spacial score (nSPS) is 14.2. The molecule has 0 atom stereocenters. The van der Waals surface area contributed by atoms with E-state index < -0.39 is 0 Å². The third-order valence-corrected chi connectivity index (χ3v) is 4.13. The minimum atomic E-state index is -0.0920. The van der Waals surface area contributed by atoms with E-state index in [-0.39, 0.29) is 5.91 Å². The second-order valence-electron chi connectivity index (χ2n) is 5.66. The predicted molar refractivity (Wildman–Crippen MR) is 86.5 cm³/mol. The van der Waals surface area contributed by atoms with E-state index in [0.29, 0.717) is 12.2 Å². The van der Waals surface area contributed by atoms with Crippen molar-refractivity contribution in [3.05, 3.63) is 53.9 Å². The van der Waals surface area contributed by atoms with Crippen LogP contribution < -0.4 is 5.32 Å². The molecule has 2 aromatic heterocycles. The highest BCUT2D eigenvalue weighted by Gasteiger charge is 2.20. The summed E-state index contributed by atoms with van der Waals surface area (Å²) in [5.41, 5.74) is 3.46. The summed E-state index contributed by atoms with van der Waals surface area (Å²) in [5, 5.41) is 2.87. The third kappa shape index (κ3) is 2.42. The van der Waals surface area contributed by atoms with Crippen molar-refractivity contribution in [3.63, 3.8) is 0 Å². The zero-order valence-corrected chi connectivity index (χ0v) is 12.8. The lowest BCUT2D eigenvalue weighted by molar-refractivity contribution is 0.0951. The van der Waals surface area contributed by atoms with Crippen LogP contribution in [-0.4, -0.2) is 32.0 Å². The van der Waals surface area contributed by atoms with Crippen LogP contribution in [0.5, 0.6) is 0 Å². The van der Waals surface area contributed by atoms with Crippen LogP contribution >= 0.6 is 0 Å². The van der Waals surface area contributed by atoms with Crippen molar-refractivity contribution in [2.75, 3.05) is 6.54 Å². The first-order chi connectivity index (χ1) is 11.2. The molecule has 0 saturated carbocycles. The van der Waals surface area contributed by atoms with Crippen molar-refractivity contribution in [2.24, 2.45) is 0 Å². The lowest BCUT2D eigenvalue weighted by Gasteiger charge is -2.05. The van der Waals surface area contributed by atoms with Crippen molar-refractivity contribution in [1.82, 2.24) is 24.8 Å². The summed E-state index contributed by atoms with van der Waals surface area (Å²) in [6.07, 6.45) is 5.49. The van der Waals surface area contributed by atoms with Gasteiger partial charge in [-0.05, 0) is 44.0 Å². The summed E-state index contributed by atoms with van der Waals surface area (Å²) >= 11 is 0. The lowest BCUT2D eigenvalue weighted by Crippen LogP contribution is -2.23. The van der Waals surface area contributed by atoms with Crippen molar-refractivity contribution >= 4 is 5.91 Å². The Labute approximate surface area is 133 Å². The maximum absolute atomic E-state index is 12.0. The number of aromatic amines is 1. The van der Waals surface area contributed by atoms with Crippen LogP contribution in [0.3, 0.4) is 0 Å². The molecule has 23 heavy (non-hydrogen) atoms. The largest absolute Gasteiger partial charge is 0.351 e. The first-order valence-electron chi connectivity index (χ1n) is 7.70. The van der Waals surface area contributed by atoms with Crippen LogP contribution in [0, 0.1) is 6.92 Å². The molecule has 1 amide bonds. The summed E-state index contributed by atoms with van der Waals surface area (Å²) in [6, 6.07) is 8.06. The molecule has 3 aromatic rings. The number of carbonyl (C=O) groups is 1. The maximum Gasteiger partial charge on any atom is 0.271 e.